The minimum Gasteiger partial charge on any atom is -0.454 e. The summed E-state index contributed by atoms with van der Waals surface area (Å²) in [6.07, 6.45) is 1.74. The average Bonchev–Trinajstić information content (AvgIpc) is 3.34. The van der Waals surface area contributed by atoms with Gasteiger partial charge < -0.3 is 20.1 Å². The molecule has 1 aliphatic rings. The molecule has 3 aromatic carbocycles. The first kappa shape index (κ1) is 21.8. The third-order valence-corrected chi connectivity index (χ3v) is 6.38. The first-order valence-electron chi connectivity index (χ1n) is 10.7. The number of rotatable bonds is 7. The lowest BCUT2D eigenvalue weighted by Gasteiger charge is -2.11. The number of para-hydroxylation sites is 1. The second-order valence-electron chi connectivity index (χ2n) is 7.58. The summed E-state index contributed by atoms with van der Waals surface area (Å²) >= 11 is 1.31. The van der Waals surface area contributed by atoms with Crippen molar-refractivity contribution in [3.8, 4) is 11.5 Å². The van der Waals surface area contributed by atoms with Crippen LogP contribution < -0.4 is 20.1 Å². The number of ether oxygens (including phenoxy) is 2. The lowest BCUT2D eigenvalue weighted by atomic mass is 10.1. The fourth-order valence-corrected chi connectivity index (χ4v) is 4.53. The molecule has 0 saturated heterocycles. The van der Waals surface area contributed by atoms with Gasteiger partial charge in [-0.15, -0.1) is 11.8 Å². The van der Waals surface area contributed by atoms with Crippen molar-refractivity contribution in [2.45, 2.75) is 11.4 Å². The first-order valence-corrected chi connectivity index (χ1v) is 11.7. The molecule has 0 spiro atoms. The van der Waals surface area contributed by atoms with E-state index in [4.69, 9.17) is 9.47 Å². The van der Waals surface area contributed by atoms with E-state index < -0.39 is 0 Å². The third kappa shape index (κ3) is 4.82. The van der Waals surface area contributed by atoms with Crippen LogP contribution in [0, 0.1) is 0 Å². The standard InChI is InChI=1S/C26H21N3O4S/c30-24(29-19-10-11-21-22(13-19)33-16-32-21)15-34-23-9-2-1-8-20(23)26(31)28-14-18-6-3-5-17-7-4-12-27-25(17)18/h1-13H,14-16H2,(H,28,31)(H,29,30). The van der Waals surface area contributed by atoms with Crippen LogP contribution in [0.3, 0.4) is 0 Å². The molecule has 0 atom stereocenters. The van der Waals surface area contributed by atoms with Gasteiger partial charge in [0.2, 0.25) is 12.7 Å². The van der Waals surface area contributed by atoms with Gasteiger partial charge in [0.05, 0.1) is 16.8 Å². The molecule has 0 radical (unpaired) electrons. The van der Waals surface area contributed by atoms with Crippen molar-refractivity contribution in [1.82, 2.24) is 10.3 Å². The fourth-order valence-electron chi connectivity index (χ4n) is 3.68. The van der Waals surface area contributed by atoms with Gasteiger partial charge in [0.15, 0.2) is 11.5 Å². The quantitative estimate of drug-likeness (QED) is 0.382. The highest BCUT2D eigenvalue weighted by Gasteiger charge is 2.16. The largest absolute Gasteiger partial charge is 0.454 e. The van der Waals surface area contributed by atoms with Gasteiger partial charge in [0.1, 0.15) is 0 Å². The molecule has 5 rings (SSSR count). The Morgan fingerprint density at radius 2 is 1.79 bits per heavy atom. The van der Waals surface area contributed by atoms with Crippen molar-refractivity contribution in [1.29, 1.82) is 0 Å². The molecular weight excluding hydrogens is 450 g/mol. The van der Waals surface area contributed by atoms with E-state index in [0.717, 1.165) is 21.4 Å². The number of fused-ring (bicyclic) bond motifs is 2. The Hall–Kier alpha value is -4.04. The van der Waals surface area contributed by atoms with E-state index in [9.17, 15) is 9.59 Å². The Labute approximate surface area is 200 Å². The molecule has 0 saturated carbocycles. The lowest BCUT2D eigenvalue weighted by Crippen LogP contribution is -2.23. The molecule has 34 heavy (non-hydrogen) atoms. The summed E-state index contributed by atoms with van der Waals surface area (Å²) in [5, 5.41) is 6.86. The number of amides is 2. The minimum absolute atomic E-state index is 0.159. The summed E-state index contributed by atoms with van der Waals surface area (Å²) in [5.74, 6) is 1.04. The molecule has 8 heteroatoms. The summed E-state index contributed by atoms with van der Waals surface area (Å²) < 4.78 is 10.6. The van der Waals surface area contributed by atoms with E-state index >= 15 is 0 Å². The van der Waals surface area contributed by atoms with Crippen LogP contribution >= 0.6 is 11.8 Å². The SMILES string of the molecule is O=C(CSc1ccccc1C(=O)NCc1cccc2cccnc12)Nc1ccc2c(c1)OCO2. The van der Waals surface area contributed by atoms with Crippen molar-refractivity contribution in [3.63, 3.8) is 0 Å². The topological polar surface area (TPSA) is 89.6 Å². The zero-order valence-electron chi connectivity index (χ0n) is 18.1. The van der Waals surface area contributed by atoms with Crippen molar-refractivity contribution in [2.24, 2.45) is 0 Å². The molecule has 4 aromatic rings. The zero-order chi connectivity index (χ0) is 23.3. The molecule has 0 aliphatic carbocycles. The molecule has 2 N–H and O–H groups in total. The van der Waals surface area contributed by atoms with Crippen molar-refractivity contribution in [3.05, 3.63) is 90.1 Å². The Bertz CT molecular complexity index is 1370. The van der Waals surface area contributed by atoms with E-state index in [1.807, 2.05) is 48.5 Å². The number of carbonyl (C=O) groups is 2. The Balaban J connectivity index is 1.21. The number of hydrogen-bond donors (Lipinski definition) is 2. The molecule has 0 bridgehead atoms. The van der Waals surface area contributed by atoms with Crippen molar-refractivity contribution in [2.75, 3.05) is 17.9 Å². The van der Waals surface area contributed by atoms with Crippen LogP contribution in [0.4, 0.5) is 5.69 Å². The van der Waals surface area contributed by atoms with Gasteiger partial charge in [-0.05, 0) is 35.9 Å². The van der Waals surface area contributed by atoms with Crippen molar-refractivity contribution >= 4 is 40.2 Å². The van der Waals surface area contributed by atoms with E-state index in [-0.39, 0.29) is 24.4 Å². The molecule has 2 heterocycles. The number of nitrogens with one attached hydrogen (secondary N) is 2. The number of aromatic nitrogens is 1. The number of benzene rings is 3. The summed E-state index contributed by atoms with van der Waals surface area (Å²) in [4.78, 5) is 30.6. The molecular formula is C26H21N3O4S. The van der Waals surface area contributed by atoms with Crippen LogP contribution in [-0.4, -0.2) is 29.3 Å². The molecule has 1 aliphatic heterocycles. The van der Waals surface area contributed by atoms with E-state index in [1.54, 1.807) is 30.5 Å². The zero-order valence-corrected chi connectivity index (χ0v) is 18.9. The number of anilines is 1. The summed E-state index contributed by atoms with van der Waals surface area (Å²) in [6, 6.07) is 22.3. The molecule has 7 nitrogen and oxygen atoms in total. The van der Waals surface area contributed by atoms with Crippen LogP contribution in [0.15, 0.2) is 83.9 Å². The predicted octanol–water partition coefficient (Wildman–Crippen LogP) is 4.62. The fraction of sp³-hybridized carbons (Fsp3) is 0.115. The van der Waals surface area contributed by atoms with Crippen LogP contribution in [0.1, 0.15) is 15.9 Å². The monoisotopic (exact) mass is 471 g/mol. The highest BCUT2D eigenvalue weighted by molar-refractivity contribution is 8.00. The Morgan fingerprint density at radius 3 is 2.74 bits per heavy atom. The maximum Gasteiger partial charge on any atom is 0.252 e. The highest BCUT2D eigenvalue weighted by Crippen LogP contribution is 2.34. The van der Waals surface area contributed by atoms with E-state index in [1.165, 1.54) is 11.8 Å². The molecule has 0 unspecified atom stereocenters. The predicted molar refractivity (Wildman–Crippen MR) is 131 cm³/mol. The first-order chi connectivity index (χ1) is 16.7. The van der Waals surface area contributed by atoms with Gasteiger partial charge in [-0.2, -0.15) is 0 Å². The van der Waals surface area contributed by atoms with Crippen LogP contribution in [-0.2, 0) is 11.3 Å². The maximum absolute atomic E-state index is 12.9. The molecule has 0 fully saturated rings. The van der Waals surface area contributed by atoms with E-state index in [0.29, 0.717) is 29.3 Å². The number of pyridine rings is 1. The smallest absolute Gasteiger partial charge is 0.252 e. The maximum atomic E-state index is 12.9. The third-order valence-electron chi connectivity index (χ3n) is 5.30. The molecule has 2 amide bonds. The number of hydrogen-bond acceptors (Lipinski definition) is 6. The minimum atomic E-state index is -0.202. The normalized spacial score (nSPS) is 11.9. The van der Waals surface area contributed by atoms with Gasteiger partial charge in [0.25, 0.3) is 5.91 Å². The summed E-state index contributed by atoms with van der Waals surface area (Å²) in [7, 11) is 0. The molecule has 170 valence electrons. The van der Waals surface area contributed by atoms with Gasteiger partial charge in [-0.3, -0.25) is 14.6 Å². The number of thioether (sulfide) groups is 1. The highest BCUT2D eigenvalue weighted by atomic mass is 32.2. The van der Waals surface area contributed by atoms with Gasteiger partial charge in [-0.25, -0.2) is 0 Å². The Kier molecular flexibility index (Phi) is 6.31. The lowest BCUT2D eigenvalue weighted by molar-refractivity contribution is -0.113. The second kappa shape index (κ2) is 9.84. The van der Waals surface area contributed by atoms with Gasteiger partial charge in [-0.1, -0.05) is 36.4 Å². The van der Waals surface area contributed by atoms with Crippen LogP contribution in [0.5, 0.6) is 11.5 Å². The Morgan fingerprint density at radius 1 is 0.941 bits per heavy atom. The van der Waals surface area contributed by atoms with Gasteiger partial charge >= 0.3 is 0 Å². The molecule has 1 aromatic heterocycles. The van der Waals surface area contributed by atoms with Crippen LogP contribution in [0.25, 0.3) is 10.9 Å². The van der Waals surface area contributed by atoms with Gasteiger partial charge in [0, 0.05) is 34.8 Å². The summed E-state index contributed by atoms with van der Waals surface area (Å²) in [5.41, 5.74) is 2.97. The van der Waals surface area contributed by atoms with E-state index in [2.05, 4.69) is 15.6 Å². The van der Waals surface area contributed by atoms with Crippen LogP contribution in [0.2, 0.25) is 0 Å². The number of carbonyl (C=O) groups excluding carboxylic acids is 2. The second-order valence-corrected chi connectivity index (χ2v) is 8.59. The average molecular weight is 472 g/mol. The summed E-state index contributed by atoms with van der Waals surface area (Å²) in [6.45, 7) is 0.537. The number of nitrogens with zero attached hydrogens (tertiary/aromatic N) is 1. The van der Waals surface area contributed by atoms with Crippen molar-refractivity contribution < 1.29 is 19.1 Å².